The van der Waals surface area contributed by atoms with E-state index in [1.54, 1.807) is 0 Å². The van der Waals surface area contributed by atoms with Gasteiger partial charge in [-0.05, 0) is 36.9 Å². The van der Waals surface area contributed by atoms with Crippen LogP contribution >= 0.6 is 0 Å². The molecule has 1 aliphatic heterocycles. The Labute approximate surface area is 119 Å². The predicted molar refractivity (Wildman–Crippen MR) is 83.8 cm³/mol. The highest BCUT2D eigenvalue weighted by atomic mass is 15.2. The Balaban J connectivity index is 1.76. The normalized spacial score (nSPS) is 16.4. The summed E-state index contributed by atoms with van der Waals surface area (Å²) in [5.41, 5.74) is 9.19. The van der Waals surface area contributed by atoms with Crippen molar-refractivity contribution in [1.29, 1.82) is 0 Å². The molecule has 0 atom stereocenters. The van der Waals surface area contributed by atoms with Crippen LogP contribution in [0, 0.1) is 0 Å². The average molecular weight is 268 g/mol. The van der Waals surface area contributed by atoms with Gasteiger partial charge in [0, 0.05) is 43.6 Å². The molecule has 2 aromatic rings. The number of aromatic nitrogens is 1. The van der Waals surface area contributed by atoms with Crippen LogP contribution in [0.5, 0.6) is 0 Å². The Kier molecular flexibility index (Phi) is 3.56. The van der Waals surface area contributed by atoms with E-state index in [4.69, 9.17) is 5.73 Å². The second-order valence-corrected chi connectivity index (χ2v) is 5.31. The van der Waals surface area contributed by atoms with Crippen LogP contribution in [0.3, 0.4) is 0 Å². The lowest BCUT2D eigenvalue weighted by Crippen LogP contribution is -2.44. The molecule has 1 aromatic heterocycles. The monoisotopic (exact) mass is 268 g/mol. The zero-order chi connectivity index (χ0) is 13.9. The third-order valence-corrected chi connectivity index (χ3v) is 3.86. The number of nitrogens with two attached hydrogens (primary N) is 1. The van der Waals surface area contributed by atoms with Gasteiger partial charge in [-0.15, -0.1) is 0 Å². The smallest absolute Gasteiger partial charge is 0.123 e. The Morgan fingerprint density at radius 3 is 2.15 bits per heavy atom. The molecule has 0 bridgehead atoms. The number of hydrogen-bond donors (Lipinski definition) is 1. The molecular weight excluding hydrogens is 248 g/mol. The van der Waals surface area contributed by atoms with E-state index in [9.17, 15) is 0 Å². The van der Waals surface area contributed by atoms with Gasteiger partial charge in [-0.3, -0.25) is 0 Å². The highest BCUT2D eigenvalue weighted by Crippen LogP contribution is 2.23. The lowest BCUT2D eigenvalue weighted by atomic mass is 10.1. The Hall–Kier alpha value is -2.07. The van der Waals surface area contributed by atoms with Crippen LogP contribution in [0.2, 0.25) is 0 Å². The molecule has 0 radical (unpaired) electrons. The maximum absolute atomic E-state index is 5.62. The van der Waals surface area contributed by atoms with Gasteiger partial charge in [-0.1, -0.05) is 12.1 Å². The van der Waals surface area contributed by atoms with E-state index in [1.807, 2.05) is 18.3 Å². The molecule has 3 rings (SSSR count). The zero-order valence-electron chi connectivity index (χ0n) is 11.8. The zero-order valence-corrected chi connectivity index (χ0v) is 11.8. The molecule has 4 nitrogen and oxygen atoms in total. The fourth-order valence-corrected chi connectivity index (χ4v) is 2.51. The summed E-state index contributed by atoms with van der Waals surface area (Å²) < 4.78 is 0. The highest BCUT2D eigenvalue weighted by molar-refractivity contribution is 5.66. The summed E-state index contributed by atoms with van der Waals surface area (Å²) in [5, 5.41) is 0. The van der Waals surface area contributed by atoms with Crippen LogP contribution < -0.4 is 10.6 Å². The minimum absolute atomic E-state index is 0.558. The number of likely N-dealkylation sites (N-methyl/N-ethyl adjacent to an activating group) is 1. The van der Waals surface area contributed by atoms with Crippen LogP contribution in [0.4, 0.5) is 11.5 Å². The number of rotatable bonds is 2. The van der Waals surface area contributed by atoms with Gasteiger partial charge in [0.15, 0.2) is 0 Å². The summed E-state index contributed by atoms with van der Waals surface area (Å²) in [6.07, 6.45) is 1.82. The Morgan fingerprint density at radius 1 is 0.900 bits per heavy atom. The highest BCUT2D eigenvalue weighted by Gasteiger charge is 2.13. The van der Waals surface area contributed by atoms with Crippen molar-refractivity contribution in [1.82, 2.24) is 9.88 Å². The van der Waals surface area contributed by atoms with Gasteiger partial charge in [0.05, 0.1) is 0 Å². The summed E-state index contributed by atoms with van der Waals surface area (Å²) in [5.74, 6) is 0.558. The largest absolute Gasteiger partial charge is 0.384 e. The summed E-state index contributed by atoms with van der Waals surface area (Å²) in [6.45, 7) is 4.45. The van der Waals surface area contributed by atoms with E-state index >= 15 is 0 Å². The van der Waals surface area contributed by atoms with Crippen LogP contribution in [0.1, 0.15) is 0 Å². The summed E-state index contributed by atoms with van der Waals surface area (Å²) in [7, 11) is 2.18. The first-order chi connectivity index (χ1) is 9.72. The second kappa shape index (κ2) is 5.51. The molecule has 1 fully saturated rings. The third-order valence-electron chi connectivity index (χ3n) is 3.86. The van der Waals surface area contributed by atoms with Crippen LogP contribution in [-0.4, -0.2) is 43.1 Å². The molecule has 1 aromatic carbocycles. The van der Waals surface area contributed by atoms with Crippen molar-refractivity contribution in [2.45, 2.75) is 0 Å². The minimum Gasteiger partial charge on any atom is -0.384 e. The summed E-state index contributed by atoms with van der Waals surface area (Å²) >= 11 is 0. The average Bonchev–Trinajstić information content (AvgIpc) is 2.49. The fourth-order valence-electron chi connectivity index (χ4n) is 2.51. The molecular formula is C16H20N4. The van der Waals surface area contributed by atoms with Crippen molar-refractivity contribution in [2.24, 2.45) is 0 Å². The van der Waals surface area contributed by atoms with E-state index in [0.29, 0.717) is 5.82 Å². The number of pyridine rings is 1. The molecule has 2 heterocycles. The lowest BCUT2D eigenvalue weighted by Gasteiger charge is -2.34. The molecule has 0 spiro atoms. The number of anilines is 2. The third kappa shape index (κ3) is 2.75. The number of benzene rings is 1. The summed E-state index contributed by atoms with van der Waals surface area (Å²) in [4.78, 5) is 8.94. The predicted octanol–water partition coefficient (Wildman–Crippen LogP) is 2.08. The number of hydrogen-bond acceptors (Lipinski definition) is 4. The Bertz CT molecular complexity index is 554. The van der Waals surface area contributed by atoms with E-state index in [-0.39, 0.29) is 0 Å². The van der Waals surface area contributed by atoms with Gasteiger partial charge in [-0.2, -0.15) is 0 Å². The maximum atomic E-state index is 5.62. The van der Waals surface area contributed by atoms with Crippen molar-refractivity contribution in [3.05, 3.63) is 42.6 Å². The van der Waals surface area contributed by atoms with E-state index in [1.165, 1.54) is 11.3 Å². The topological polar surface area (TPSA) is 45.4 Å². The molecule has 0 aliphatic carbocycles. The van der Waals surface area contributed by atoms with E-state index < -0.39 is 0 Å². The first kappa shape index (κ1) is 12.9. The van der Waals surface area contributed by atoms with Crippen molar-refractivity contribution in [3.8, 4) is 11.1 Å². The molecule has 0 amide bonds. The van der Waals surface area contributed by atoms with Crippen molar-refractivity contribution < 1.29 is 0 Å². The molecule has 0 saturated carbocycles. The molecule has 2 N–H and O–H groups in total. The van der Waals surface area contributed by atoms with Crippen LogP contribution in [0.25, 0.3) is 11.1 Å². The molecule has 4 heteroatoms. The second-order valence-electron chi connectivity index (χ2n) is 5.31. The molecule has 20 heavy (non-hydrogen) atoms. The van der Waals surface area contributed by atoms with Crippen LogP contribution in [0.15, 0.2) is 42.6 Å². The van der Waals surface area contributed by atoms with Gasteiger partial charge in [0.25, 0.3) is 0 Å². The molecule has 0 unspecified atom stereocenters. The van der Waals surface area contributed by atoms with Gasteiger partial charge in [0.1, 0.15) is 5.82 Å². The van der Waals surface area contributed by atoms with Gasteiger partial charge < -0.3 is 15.5 Å². The van der Waals surface area contributed by atoms with E-state index in [2.05, 4.69) is 46.1 Å². The Morgan fingerprint density at radius 2 is 1.55 bits per heavy atom. The fraction of sp³-hybridized carbons (Fsp3) is 0.312. The van der Waals surface area contributed by atoms with Crippen molar-refractivity contribution in [2.75, 3.05) is 43.9 Å². The van der Waals surface area contributed by atoms with Gasteiger partial charge in [-0.25, -0.2) is 4.98 Å². The van der Waals surface area contributed by atoms with Gasteiger partial charge >= 0.3 is 0 Å². The van der Waals surface area contributed by atoms with Crippen molar-refractivity contribution in [3.63, 3.8) is 0 Å². The molecule has 104 valence electrons. The van der Waals surface area contributed by atoms with Gasteiger partial charge in [0.2, 0.25) is 0 Å². The quantitative estimate of drug-likeness (QED) is 0.906. The van der Waals surface area contributed by atoms with Crippen molar-refractivity contribution >= 4 is 11.5 Å². The minimum atomic E-state index is 0.558. The van der Waals surface area contributed by atoms with Crippen LogP contribution in [-0.2, 0) is 0 Å². The molecule has 1 aliphatic rings. The maximum Gasteiger partial charge on any atom is 0.123 e. The summed E-state index contributed by atoms with van der Waals surface area (Å²) in [6, 6.07) is 12.5. The SMILES string of the molecule is CN1CCN(c2ccc(-c3ccc(N)nc3)cc2)CC1. The van der Waals surface area contributed by atoms with E-state index in [0.717, 1.165) is 31.7 Å². The lowest BCUT2D eigenvalue weighted by molar-refractivity contribution is 0.313. The number of nitrogen functional groups attached to an aromatic ring is 1. The standard InChI is InChI=1S/C16H20N4/c1-19-8-10-20(11-9-19)15-5-2-13(3-6-15)14-4-7-16(17)18-12-14/h2-7,12H,8-11H2,1H3,(H2,17,18). The molecule has 1 saturated heterocycles. The first-order valence-electron chi connectivity index (χ1n) is 6.98. The number of piperazine rings is 1. The first-order valence-corrected chi connectivity index (χ1v) is 6.98. The number of nitrogens with zero attached hydrogens (tertiary/aromatic N) is 3.